The van der Waals surface area contributed by atoms with Gasteiger partial charge in [-0.1, -0.05) is 41.5 Å². The van der Waals surface area contributed by atoms with Crippen molar-refractivity contribution in [2.75, 3.05) is 11.9 Å². The van der Waals surface area contributed by atoms with Crippen molar-refractivity contribution >= 4 is 21.8 Å². The predicted octanol–water partition coefficient (Wildman–Crippen LogP) is 2.06. The second kappa shape index (κ2) is 7.79. The zero-order valence-corrected chi connectivity index (χ0v) is 14.3. The number of benzene rings is 2. The molecule has 0 spiro atoms. The number of nitrogens with zero attached hydrogens (tertiary/aromatic N) is 2. The molecular formula is C17H15N3O5S. The number of rotatable bonds is 7. The maximum atomic E-state index is 12.3. The first-order valence-corrected chi connectivity index (χ1v) is 9.26. The van der Waals surface area contributed by atoms with Gasteiger partial charge in [0.15, 0.2) is 16.4 Å². The summed E-state index contributed by atoms with van der Waals surface area (Å²) >= 11 is 0. The van der Waals surface area contributed by atoms with Crippen LogP contribution in [0.15, 0.2) is 70.0 Å². The second-order valence-corrected chi connectivity index (χ2v) is 7.21. The van der Waals surface area contributed by atoms with E-state index in [4.69, 9.17) is 9.15 Å². The molecule has 1 N–H and O–H groups in total. The van der Waals surface area contributed by atoms with E-state index < -0.39 is 21.5 Å². The Morgan fingerprint density at radius 3 is 2.35 bits per heavy atom. The van der Waals surface area contributed by atoms with Crippen LogP contribution in [0, 0.1) is 0 Å². The molecule has 1 heterocycles. The summed E-state index contributed by atoms with van der Waals surface area (Å²) in [6.07, 6.45) is 0. The van der Waals surface area contributed by atoms with Gasteiger partial charge in [-0.2, -0.15) is 0 Å². The summed E-state index contributed by atoms with van der Waals surface area (Å²) < 4.78 is 35.0. The van der Waals surface area contributed by atoms with Crippen molar-refractivity contribution in [3.8, 4) is 5.75 Å². The van der Waals surface area contributed by atoms with Gasteiger partial charge >= 0.3 is 6.01 Å². The number of sulfone groups is 1. The highest BCUT2D eigenvalue weighted by molar-refractivity contribution is 7.90. The van der Waals surface area contributed by atoms with E-state index in [2.05, 4.69) is 15.5 Å². The van der Waals surface area contributed by atoms with Crippen LogP contribution in [0.5, 0.6) is 5.75 Å². The molecule has 0 atom stereocenters. The normalized spacial score (nSPS) is 11.1. The lowest BCUT2D eigenvalue weighted by molar-refractivity contribution is -0.118. The fraction of sp³-hybridized carbons (Fsp3) is 0.118. The minimum absolute atomic E-state index is 0.117. The van der Waals surface area contributed by atoms with Gasteiger partial charge in [0.25, 0.3) is 5.91 Å². The van der Waals surface area contributed by atoms with Gasteiger partial charge in [-0.15, -0.1) is 5.10 Å². The van der Waals surface area contributed by atoms with Crippen LogP contribution >= 0.6 is 0 Å². The summed E-state index contributed by atoms with van der Waals surface area (Å²) in [6, 6.07) is 16.6. The Morgan fingerprint density at radius 2 is 1.65 bits per heavy atom. The number of amides is 1. The van der Waals surface area contributed by atoms with Gasteiger partial charge in [-0.05, 0) is 24.3 Å². The van der Waals surface area contributed by atoms with Crippen LogP contribution in [0.25, 0.3) is 0 Å². The van der Waals surface area contributed by atoms with E-state index in [0.29, 0.717) is 5.75 Å². The van der Waals surface area contributed by atoms with E-state index in [9.17, 15) is 13.2 Å². The molecule has 3 rings (SSSR count). The number of anilines is 1. The summed E-state index contributed by atoms with van der Waals surface area (Å²) in [5, 5.41) is 9.63. The van der Waals surface area contributed by atoms with Crippen LogP contribution in [0.3, 0.4) is 0 Å². The molecule has 0 aliphatic rings. The fourth-order valence-corrected chi connectivity index (χ4v) is 3.24. The van der Waals surface area contributed by atoms with Crippen LogP contribution in [0.2, 0.25) is 0 Å². The average Bonchev–Trinajstić information content (AvgIpc) is 3.07. The molecule has 1 amide bonds. The largest absolute Gasteiger partial charge is 0.484 e. The van der Waals surface area contributed by atoms with Gasteiger partial charge in [0.1, 0.15) is 11.5 Å². The SMILES string of the molecule is O=C(COc1ccccc1)Nc1nnc(CS(=O)(=O)c2ccccc2)o1. The van der Waals surface area contributed by atoms with E-state index in [1.165, 1.54) is 12.1 Å². The fourth-order valence-electron chi connectivity index (χ4n) is 2.06. The molecule has 134 valence electrons. The monoisotopic (exact) mass is 373 g/mol. The lowest BCUT2D eigenvalue weighted by Gasteiger charge is -2.04. The molecule has 8 nitrogen and oxygen atoms in total. The summed E-state index contributed by atoms with van der Waals surface area (Å²) in [6.45, 7) is -0.246. The molecule has 26 heavy (non-hydrogen) atoms. The molecular weight excluding hydrogens is 358 g/mol. The molecule has 9 heteroatoms. The average molecular weight is 373 g/mol. The maximum Gasteiger partial charge on any atom is 0.322 e. The maximum absolute atomic E-state index is 12.3. The number of carbonyl (C=O) groups is 1. The Morgan fingerprint density at radius 1 is 1.00 bits per heavy atom. The minimum atomic E-state index is -3.61. The van der Waals surface area contributed by atoms with Gasteiger partial charge < -0.3 is 9.15 Å². The van der Waals surface area contributed by atoms with Crippen LogP contribution in [0.1, 0.15) is 5.89 Å². The van der Waals surface area contributed by atoms with Crippen molar-refractivity contribution in [3.05, 3.63) is 66.6 Å². The van der Waals surface area contributed by atoms with Crippen molar-refractivity contribution in [2.45, 2.75) is 10.6 Å². The number of hydrogen-bond donors (Lipinski definition) is 1. The zero-order chi connectivity index (χ0) is 18.4. The third-order valence-electron chi connectivity index (χ3n) is 3.24. The highest BCUT2D eigenvalue weighted by atomic mass is 32.2. The Hall–Kier alpha value is -3.20. The summed E-state index contributed by atoms with van der Waals surface area (Å²) in [5.74, 6) is -0.536. The van der Waals surface area contributed by atoms with Crippen LogP contribution in [-0.4, -0.2) is 31.1 Å². The summed E-state index contributed by atoms with van der Waals surface area (Å²) in [7, 11) is -3.61. The molecule has 0 fully saturated rings. The van der Waals surface area contributed by atoms with E-state index in [-0.39, 0.29) is 23.4 Å². The predicted molar refractivity (Wildman–Crippen MR) is 92.2 cm³/mol. The topological polar surface area (TPSA) is 111 Å². The highest BCUT2D eigenvalue weighted by Crippen LogP contribution is 2.16. The zero-order valence-electron chi connectivity index (χ0n) is 13.5. The second-order valence-electron chi connectivity index (χ2n) is 5.22. The van der Waals surface area contributed by atoms with Crippen LogP contribution in [0.4, 0.5) is 6.01 Å². The number of nitrogens with one attached hydrogen (secondary N) is 1. The van der Waals surface area contributed by atoms with Gasteiger partial charge in [0, 0.05) is 0 Å². The molecule has 2 aromatic carbocycles. The summed E-state index contributed by atoms with van der Waals surface area (Å²) in [4.78, 5) is 12.0. The van der Waals surface area contributed by atoms with Crippen molar-refractivity contribution < 1.29 is 22.4 Å². The quantitative estimate of drug-likeness (QED) is 0.675. The molecule has 0 aliphatic carbocycles. The van der Waals surface area contributed by atoms with Gasteiger partial charge in [-0.3, -0.25) is 10.1 Å². The first-order valence-electron chi connectivity index (χ1n) is 7.61. The third-order valence-corrected chi connectivity index (χ3v) is 4.86. The Balaban J connectivity index is 1.57. The van der Waals surface area contributed by atoms with Crippen LogP contribution < -0.4 is 10.1 Å². The van der Waals surface area contributed by atoms with E-state index in [1.807, 2.05) is 6.07 Å². The van der Waals surface area contributed by atoms with Gasteiger partial charge in [0.05, 0.1) is 4.90 Å². The van der Waals surface area contributed by atoms with Crippen LogP contribution in [-0.2, 0) is 20.4 Å². The molecule has 0 aliphatic heterocycles. The molecule has 0 bridgehead atoms. The number of aromatic nitrogens is 2. The number of hydrogen-bond acceptors (Lipinski definition) is 7. The van der Waals surface area contributed by atoms with E-state index >= 15 is 0 Å². The lowest BCUT2D eigenvalue weighted by atomic mass is 10.3. The first kappa shape index (κ1) is 17.6. The molecule has 1 aromatic heterocycles. The first-order chi connectivity index (χ1) is 12.5. The summed E-state index contributed by atoms with van der Waals surface area (Å²) in [5.41, 5.74) is 0. The van der Waals surface area contributed by atoms with E-state index in [1.54, 1.807) is 42.5 Å². The molecule has 0 radical (unpaired) electrons. The highest BCUT2D eigenvalue weighted by Gasteiger charge is 2.20. The van der Waals surface area contributed by atoms with E-state index in [0.717, 1.165) is 0 Å². The van der Waals surface area contributed by atoms with Crippen molar-refractivity contribution in [2.24, 2.45) is 0 Å². The molecule has 0 unspecified atom stereocenters. The standard InChI is InChI=1S/C17H15N3O5S/c21-15(11-24-13-7-3-1-4-8-13)18-17-20-19-16(25-17)12-26(22,23)14-9-5-2-6-10-14/h1-10H,11-12H2,(H,18,20,21). The van der Waals surface area contributed by atoms with Gasteiger partial charge in [-0.25, -0.2) is 8.42 Å². The Kier molecular flexibility index (Phi) is 5.28. The number of ether oxygens (including phenoxy) is 1. The molecule has 0 saturated heterocycles. The minimum Gasteiger partial charge on any atom is -0.484 e. The third kappa shape index (κ3) is 4.67. The van der Waals surface area contributed by atoms with Crippen molar-refractivity contribution in [3.63, 3.8) is 0 Å². The van der Waals surface area contributed by atoms with Crippen molar-refractivity contribution in [1.82, 2.24) is 10.2 Å². The smallest absolute Gasteiger partial charge is 0.322 e. The molecule has 3 aromatic rings. The lowest BCUT2D eigenvalue weighted by Crippen LogP contribution is -2.20. The number of carbonyl (C=O) groups excluding carboxylic acids is 1. The van der Waals surface area contributed by atoms with Crippen molar-refractivity contribution in [1.29, 1.82) is 0 Å². The Bertz CT molecular complexity index is 972. The molecule has 0 saturated carbocycles. The van der Waals surface area contributed by atoms with Gasteiger partial charge in [0.2, 0.25) is 5.89 Å². The number of para-hydroxylation sites is 1. The Labute approximate surface area is 149 Å².